The second kappa shape index (κ2) is 13.7. The van der Waals surface area contributed by atoms with Crippen LogP contribution in [-0.4, -0.2) is 52.1 Å². The van der Waals surface area contributed by atoms with E-state index in [1.54, 1.807) is 4.90 Å². The zero-order valence-electron chi connectivity index (χ0n) is 26.9. The first-order valence-electron chi connectivity index (χ1n) is 16.3. The Morgan fingerprint density at radius 3 is 2.15 bits per heavy atom. The number of carbonyl (C=O) groups excluding carboxylic acids is 3. The lowest BCUT2D eigenvalue weighted by Crippen LogP contribution is -2.57. The quantitative estimate of drug-likeness (QED) is 0.196. The van der Waals surface area contributed by atoms with Crippen molar-refractivity contribution in [2.75, 3.05) is 13.1 Å². The summed E-state index contributed by atoms with van der Waals surface area (Å²) in [5, 5.41) is 2.99. The van der Waals surface area contributed by atoms with E-state index in [1.807, 2.05) is 48.8 Å². The number of nitrogens with zero attached hydrogens (tertiary/aromatic N) is 3. The van der Waals surface area contributed by atoms with Crippen LogP contribution in [0.15, 0.2) is 73.1 Å². The molecule has 2 amide bonds. The fourth-order valence-electron chi connectivity index (χ4n) is 6.33. The molecule has 46 heavy (non-hydrogen) atoms. The number of nitrogens with one attached hydrogen (secondary N) is 1. The van der Waals surface area contributed by atoms with Crippen LogP contribution in [0.4, 0.5) is 0 Å². The van der Waals surface area contributed by atoms with Gasteiger partial charge in [-0.25, -0.2) is 9.97 Å². The number of aromatic nitrogens is 2. The Labute approximate surface area is 275 Å². The summed E-state index contributed by atoms with van der Waals surface area (Å²) >= 11 is 1.45. The molecule has 0 spiro atoms. The number of thiophene rings is 1. The average molecular weight is 635 g/mol. The van der Waals surface area contributed by atoms with E-state index in [9.17, 15) is 14.4 Å². The molecule has 2 aromatic heterocycles. The molecule has 4 aromatic rings. The molecule has 1 aliphatic carbocycles. The smallest absolute Gasteiger partial charge is 0.262 e. The van der Waals surface area contributed by atoms with Gasteiger partial charge in [-0.2, -0.15) is 0 Å². The topological polar surface area (TPSA) is 92.3 Å². The van der Waals surface area contributed by atoms with Crippen LogP contribution in [0.1, 0.15) is 84.5 Å². The molecule has 2 fully saturated rings. The maximum absolute atomic E-state index is 13.4. The van der Waals surface area contributed by atoms with E-state index < -0.39 is 6.04 Å². The molecular weight excluding hydrogens is 593 g/mol. The molecule has 3 heterocycles. The van der Waals surface area contributed by atoms with E-state index in [0.29, 0.717) is 36.1 Å². The fourth-order valence-corrected chi connectivity index (χ4v) is 7.29. The highest BCUT2D eigenvalue weighted by Crippen LogP contribution is 2.34. The average Bonchev–Trinajstić information content (AvgIpc) is 3.57. The normalized spacial score (nSPS) is 16.5. The van der Waals surface area contributed by atoms with Crippen molar-refractivity contribution in [1.82, 2.24) is 20.2 Å². The number of likely N-dealkylation sites (tertiary alicyclic amines) is 1. The molecule has 7 nitrogen and oxygen atoms in total. The van der Waals surface area contributed by atoms with Gasteiger partial charge >= 0.3 is 0 Å². The van der Waals surface area contributed by atoms with Gasteiger partial charge in [-0.3, -0.25) is 9.59 Å². The zero-order chi connectivity index (χ0) is 32.3. The van der Waals surface area contributed by atoms with Crippen molar-refractivity contribution in [3.63, 3.8) is 0 Å². The Balaban J connectivity index is 1.13. The number of benzene rings is 2. The predicted molar refractivity (Wildman–Crippen MR) is 183 cm³/mol. The molecule has 0 bridgehead atoms. The molecule has 1 unspecified atom stereocenters. The minimum absolute atomic E-state index is 0.0640. The maximum Gasteiger partial charge on any atom is 0.262 e. The minimum Gasteiger partial charge on any atom is -0.339 e. The van der Waals surface area contributed by atoms with Gasteiger partial charge in [0.15, 0.2) is 5.82 Å². The third-order valence-corrected chi connectivity index (χ3v) is 10.7. The predicted octanol–water partition coefficient (Wildman–Crippen LogP) is 7.22. The van der Waals surface area contributed by atoms with E-state index in [1.165, 1.54) is 49.0 Å². The summed E-state index contributed by atoms with van der Waals surface area (Å²) in [7, 11) is 0. The molecule has 8 heteroatoms. The van der Waals surface area contributed by atoms with Crippen LogP contribution in [0.3, 0.4) is 0 Å². The van der Waals surface area contributed by atoms with E-state index in [0.717, 1.165) is 33.4 Å². The molecule has 1 saturated heterocycles. The second-order valence-corrected chi connectivity index (χ2v) is 14.8. The third kappa shape index (κ3) is 7.28. The van der Waals surface area contributed by atoms with Crippen LogP contribution in [0.2, 0.25) is 0 Å². The van der Waals surface area contributed by atoms with Crippen LogP contribution in [0, 0.1) is 5.92 Å². The number of hydrogen-bond donors (Lipinski definition) is 1. The number of carbonyl (C=O) groups is 3. The Morgan fingerprint density at radius 2 is 1.54 bits per heavy atom. The van der Waals surface area contributed by atoms with Crippen molar-refractivity contribution < 1.29 is 14.4 Å². The molecule has 1 aliphatic heterocycles. The highest BCUT2D eigenvalue weighted by molar-refractivity contribution is 7.14. The Kier molecular flexibility index (Phi) is 9.45. The van der Waals surface area contributed by atoms with Crippen LogP contribution >= 0.6 is 11.3 Å². The Morgan fingerprint density at radius 1 is 0.891 bits per heavy atom. The zero-order valence-corrected chi connectivity index (χ0v) is 27.7. The summed E-state index contributed by atoms with van der Waals surface area (Å²) in [5.74, 6) is 0.734. The summed E-state index contributed by atoms with van der Waals surface area (Å²) < 4.78 is 0. The van der Waals surface area contributed by atoms with Crippen LogP contribution in [0.25, 0.3) is 22.5 Å². The van der Waals surface area contributed by atoms with E-state index >= 15 is 0 Å². The molecule has 2 aliphatic rings. The van der Waals surface area contributed by atoms with Crippen molar-refractivity contribution in [2.45, 2.75) is 76.7 Å². The molecule has 2 aromatic carbocycles. The largest absolute Gasteiger partial charge is 0.339 e. The minimum atomic E-state index is -0.744. The van der Waals surface area contributed by atoms with Gasteiger partial charge in [0.2, 0.25) is 5.91 Å². The van der Waals surface area contributed by atoms with Crippen LogP contribution < -0.4 is 5.32 Å². The SMILES string of the molecule is CC(C)(C)c1ccc(C(=O)NC(Cc2ccc(-c3ncc(-c4ccc(C5CCCCC5)cc4)cn3)cc2)C(=O)N2CC(C=O)C2)s1. The fraction of sp³-hybridized carbons (Fsp3) is 0.395. The molecule has 0 radical (unpaired) electrons. The van der Waals surface area contributed by atoms with E-state index in [4.69, 9.17) is 0 Å². The van der Waals surface area contributed by atoms with Gasteiger partial charge in [-0.1, -0.05) is 88.6 Å². The van der Waals surface area contributed by atoms with Gasteiger partial charge in [-0.05, 0) is 53.0 Å². The number of amides is 2. The van der Waals surface area contributed by atoms with Crippen molar-refractivity contribution in [3.05, 3.63) is 93.9 Å². The van der Waals surface area contributed by atoms with Crippen LogP contribution in [0.5, 0.6) is 0 Å². The lowest BCUT2D eigenvalue weighted by Gasteiger charge is -2.38. The van der Waals surface area contributed by atoms with Gasteiger partial charge in [0, 0.05) is 53.8 Å². The van der Waals surface area contributed by atoms with Crippen molar-refractivity contribution in [2.24, 2.45) is 5.92 Å². The number of hydrogen-bond acceptors (Lipinski definition) is 6. The Hall–Kier alpha value is -4.17. The number of aldehydes is 1. The van der Waals surface area contributed by atoms with E-state index in [2.05, 4.69) is 60.3 Å². The maximum atomic E-state index is 13.4. The highest BCUT2D eigenvalue weighted by Gasteiger charge is 2.35. The summed E-state index contributed by atoms with van der Waals surface area (Å²) in [5.41, 5.74) is 5.24. The summed E-state index contributed by atoms with van der Waals surface area (Å²) in [4.78, 5) is 50.5. The second-order valence-electron chi connectivity index (χ2n) is 13.7. The standard InChI is InChI=1S/C38H42N4O3S/c1-38(2,3)34-18-17-33(46-34)36(44)41-32(37(45)42-22-26(23-42)24-43)19-25-9-11-30(12-10-25)35-39-20-31(21-40-35)29-15-13-28(14-16-29)27-7-5-4-6-8-27/h9-18,20-21,24,26-27,32H,4-8,19,22-23H2,1-3H3,(H,41,44). The first-order valence-corrected chi connectivity index (χ1v) is 17.2. The summed E-state index contributed by atoms with van der Waals surface area (Å²) in [6.07, 6.45) is 11.5. The third-order valence-electron chi connectivity index (χ3n) is 9.21. The van der Waals surface area contributed by atoms with Crippen molar-refractivity contribution in [3.8, 4) is 22.5 Å². The highest BCUT2D eigenvalue weighted by atomic mass is 32.1. The Bertz CT molecular complexity index is 1660. The molecular formula is C38H42N4O3S. The van der Waals surface area contributed by atoms with Gasteiger partial charge in [-0.15, -0.1) is 11.3 Å². The molecule has 238 valence electrons. The van der Waals surface area contributed by atoms with Gasteiger partial charge in [0.1, 0.15) is 12.3 Å². The molecule has 1 saturated carbocycles. The summed E-state index contributed by atoms with van der Waals surface area (Å²) in [6, 6.07) is 19.7. The van der Waals surface area contributed by atoms with E-state index in [-0.39, 0.29) is 23.1 Å². The first-order chi connectivity index (χ1) is 22.2. The van der Waals surface area contributed by atoms with Gasteiger partial charge in [0.05, 0.1) is 4.88 Å². The van der Waals surface area contributed by atoms with Crippen molar-refractivity contribution in [1.29, 1.82) is 0 Å². The summed E-state index contributed by atoms with van der Waals surface area (Å²) in [6.45, 7) is 7.11. The van der Waals surface area contributed by atoms with Gasteiger partial charge < -0.3 is 15.0 Å². The molecule has 1 atom stereocenters. The first kappa shape index (κ1) is 31.8. The molecule has 1 N–H and O–H groups in total. The lowest BCUT2D eigenvalue weighted by molar-refractivity contribution is -0.141. The molecule has 6 rings (SSSR count). The number of rotatable bonds is 9. The lowest BCUT2D eigenvalue weighted by atomic mass is 9.84. The van der Waals surface area contributed by atoms with Gasteiger partial charge in [0.25, 0.3) is 5.91 Å². The van der Waals surface area contributed by atoms with Crippen molar-refractivity contribution >= 4 is 29.4 Å². The monoisotopic (exact) mass is 634 g/mol. The van der Waals surface area contributed by atoms with Crippen LogP contribution in [-0.2, 0) is 21.4 Å².